The number of carbonyl (C=O) groups excluding carboxylic acids is 1. The fraction of sp³-hybridized carbons (Fsp3) is 0.0714. The maximum Gasteiger partial charge on any atom is 0.250 e. The van der Waals surface area contributed by atoms with Crippen LogP contribution in [-0.4, -0.2) is 26.0 Å². The summed E-state index contributed by atoms with van der Waals surface area (Å²) in [6.45, 7) is 0.300. The van der Waals surface area contributed by atoms with Crippen LogP contribution in [0.4, 0.5) is 5.69 Å². The first-order valence-corrected chi connectivity index (χ1v) is 13.2. The predicted molar refractivity (Wildman–Crippen MR) is 149 cm³/mol. The van der Waals surface area contributed by atoms with E-state index in [-0.39, 0.29) is 15.9 Å². The van der Waals surface area contributed by atoms with Crippen molar-refractivity contribution in [1.29, 1.82) is 0 Å². The number of fused-ring (bicyclic) bond motifs is 1. The zero-order valence-corrected chi connectivity index (χ0v) is 21.0. The number of amides is 1. The highest BCUT2D eigenvalue weighted by Gasteiger charge is 2.13. The highest BCUT2D eigenvalue weighted by atomic mass is 32.2. The highest BCUT2D eigenvalue weighted by Crippen LogP contribution is 2.19. The van der Waals surface area contributed by atoms with Crippen molar-refractivity contribution in [2.45, 2.75) is 11.3 Å². The summed E-state index contributed by atoms with van der Waals surface area (Å²) < 4.78 is 27.7. The van der Waals surface area contributed by atoms with Gasteiger partial charge in [0, 0.05) is 18.3 Å². The van der Waals surface area contributed by atoms with Gasteiger partial charge in [-0.3, -0.25) is 10.1 Å². The standard InChI is InChI=1S/C28H25N3O3S2/c32-27(18-13-23-11-6-10-22-9-4-5-12-26(22)23)31-28(35)30-24-14-16-25(17-15-24)36(33,34)29-20-19-21-7-2-1-3-8-21/h1-18,29H,19-20H2,(H2,30,31,32,35)/b18-13+. The molecule has 0 radical (unpaired) electrons. The van der Waals surface area contributed by atoms with Crippen LogP contribution in [0.15, 0.2) is 108 Å². The van der Waals surface area contributed by atoms with Crippen molar-refractivity contribution in [3.05, 3.63) is 114 Å². The van der Waals surface area contributed by atoms with Crippen LogP contribution in [0.3, 0.4) is 0 Å². The largest absolute Gasteiger partial charge is 0.332 e. The Morgan fingerprint density at radius 3 is 2.31 bits per heavy atom. The number of hydrogen-bond donors (Lipinski definition) is 3. The van der Waals surface area contributed by atoms with E-state index in [9.17, 15) is 13.2 Å². The molecule has 0 spiro atoms. The number of rotatable bonds is 8. The van der Waals surface area contributed by atoms with Gasteiger partial charge in [-0.05, 0) is 70.9 Å². The van der Waals surface area contributed by atoms with Gasteiger partial charge in [0.2, 0.25) is 15.9 Å². The van der Waals surface area contributed by atoms with E-state index >= 15 is 0 Å². The molecular weight excluding hydrogens is 490 g/mol. The van der Waals surface area contributed by atoms with E-state index in [4.69, 9.17) is 12.2 Å². The van der Waals surface area contributed by atoms with Crippen LogP contribution in [0.25, 0.3) is 16.8 Å². The van der Waals surface area contributed by atoms with Gasteiger partial charge in [0.05, 0.1) is 4.90 Å². The Morgan fingerprint density at radius 1 is 0.833 bits per heavy atom. The van der Waals surface area contributed by atoms with Crippen LogP contribution in [0.5, 0.6) is 0 Å². The second-order valence-corrected chi connectivity index (χ2v) is 10.2. The number of anilines is 1. The molecule has 0 aliphatic carbocycles. The summed E-state index contributed by atoms with van der Waals surface area (Å²) in [6.07, 6.45) is 3.76. The molecule has 0 atom stereocenters. The number of nitrogens with one attached hydrogen (secondary N) is 3. The van der Waals surface area contributed by atoms with Gasteiger partial charge in [-0.25, -0.2) is 13.1 Å². The average Bonchev–Trinajstić information content (AvgIpc) is 2.88. The maximum atomic E-state index is 12.6. The molecule has 6 nitrogen and oxygen atoms in total. The zero-order valence-electron chi connectivity index (χ0n) is 19.3. The van der Waals surface area contributed by atoms with Gasteiger partial charge in [-0.1, -0.05) is 72.8 Å². The molecule has 8 heteroatoms. The molecular formula is C28H25N3O3S2. The van der Waals surface area contributed by atoms with Crippen LogP contribution < -0.4 is 15.4 Å². The Balaban J connectivity index is 1.29. The topological polar surface area (TPSA) is 87.3 Å². The molecule has 0 aromatic heterocycles. The van der Waals surface area contributed by atoms with Crippen molar-refractivity contribution in [3.8, 4) is 0 Å². The first-order chi connectivity index (χ1) is 17.4. The van der Waals surface area contributed by atoms with Gasteiger partial charge in [-0.15, -0.1) is 0 Å². The monoisotopic (exact) mass is 515 g/mol. The quantitative estimate of drug-likeness (QED) is 0.230. The third-order valence-electron chi connectivity index (χ3n) is 5.45. The highest BCUT2D eigenvalue weighted by molar-refractivity contribution is 7.89. The second-order valence-electron chi connectivity index (χ2n) is 8.00. The normalized spacial score (nSPS) is 11.4. The third-order valence-corrected chi connectivity index (χ3v) is 7.13. The van der Waals surface area contributed by atoms with E-state index in [1.807, 2.05) is 72.8 Å². The molecule has 36 heavy (non-hydrogen) atoms. The lowest BCUT2D eigenvalue weighted by Gasteiger charge is -2.10. The number of benzene rings is 4. The molecule has 3 N–H and O–H groups in total. The first-order valence-electron chi connectivity index (χ1n) is 11.3. The lowest BCUT2D eigenvalue weighted by atomic mass is 10.0. The summed E-state index contributed by atoms with van der Waals surface area (Å²) in [4.78, 5) is 12.5. The molecule has 0 saturated heterocycles. The number of thiocarbonyl (C=S) groups is 1. The molecule has 0 saturated carbocycles. The molecule has 0 fully saturated rings. The van der Waals surface area contributed by atoms with Gasteiger partial charge in [0.25, 0.3) is 0 Å². The number of hydrogen-bond acceptors (Lipinski definition) is 4. The van der Waals surface area contributed by atoms with E-state index < -0.39 is 10.0 Å². The fourth-order valence-corrected chi connectivity index (χ4v) is 4.90. The van der Waals surface area contributed by atoms with Crippen molar-refractivity contribution in [1.82, 2.24) is 10.0 Å². The van der Waals surface area contributed by atoms with E-state index in [0.717, 1.165) is 21.9 Å². The van der Waals surface area contributed by atoms with Gasteiger partial charge >= 0.3 is 0 Å². The van der Waals surface area contributed by atoms with Crippen molar-refractivity contribution < 1.29 is 13.2 Å². The summed E-state index contributed by atoms with van der Waals surface area (Å²) in [7, 11) is -3.63. The molecule has 4 rings (SSSR count). The van der Waals surface area contributed by atoms with E-state index in [0.29, 0.717) is 18.7 Å². The van der Waals surface area contributed by atoms with E-state index in [1.165, 1.54) is 18.2 Å². The Morgan fingerprint density at radius 2 is 1.53 bits per heavy atom. The van der Waals surface area contributed by atoms with Crippen LogP contribution in [-0.2, 0) is 21.2 Å². The minimum atomic E-state index is -3.63. The molecule has 0 bridgehead atoms. The summed E-state index contributed by atoms with van der Waals surface area (Å²) in [5, 5.41) is 7.75. The second kappa shape index (κ2) is 11.7. The minimum Gasteiger partial charge on any atom is -0.332 e. The van der Waals surface area contributed by atoms with Crippen LogP contribution in [0, 0.1) is 0 Å². The lowest BCUT2D eigenvalue weighted by molar-refractivity contribution is -0.115. The molecule has 0 aliphatic rings. The van der Waals surface area contributed by atoms with Gasteiger partial charge in [0.15, 0.2) is 5.11 Å². The maximum absolute atomic E-state index is 12.6. The molecule has 0 heterocycles. The van der Waals surface area contributed by atoms with Crippen molar-refractivity contribution in [2.24, 2.45) is 0 Å². The van der Waals surface area contributed by atoms with Crippen LogP contribution in [0.2, 0.25) is 0 Å². The molecule has 0 unspecified atom stereocenters. The molecule has 0 aliphatic heterocycles. The lowest BCUT2D eigenvalue weighted by Crippen LogP contribution is -2.32. The first kappa shape index (κ1) is 25.2. The predicted octanol–water partition coefficient (Wildman–Crippen LogP) is 4.89. The number of sulfonamides is 1. The SMILES string of the molecule is O=C(/C=C/c1cccc2ccccc12)NC(=S)Nc1ccc(S(=O)(=O)NCCc2ccccc2)cc1. The Labute approximate surface area is 216 Å². The van der Waals surface area contributed by atoms with Gasteiger partial charge in [0.1, 0.15) is 0 Å². The Bertz CT molecular complexity index is 1500. The Kier molecular flexibility index (Phi) is 8.22. The zero-order chi connectivity index (χ0) is 25.4. The minimum absolute atomic E-state index is 0.110. The summed E-state index contributed by atoms with van der Waals surface area (Å²) in [5.41, 5.74) is 2.54. The van der Waals surface area contributed by atoms with Crippen molar-refractivity contribution in [3.63, 3.8) is 0 Å². The number of carbonyl (C=O) groups is 1. The molecule has 4 aromatic carbocycles. The van der Waals surface area contributed by atoms with Gasteiger partial charge in [-0.2, -0.15) is 0 Å². The van der Waals surface area contributed by atoms with Crippen LogP contribution >= 0.6 is 12.2 Å². The van der Waals surface area contributed by atoms with Crippen LogP contribution in [0.1, 0.15) is 11.1 Å². The van der Waals surface area contributed by atoms with Crippen molar-refractivity contribution in [2.75, 3.05) is 11.9 Å². The van der Waals surface area contributed by atoms with E-state index in [1.54, 1.807) is 18.2 Å². The molecule has 4 aromatic rings. The summed E-state index contributed by atoms with van der Waals surface area (Å²) >= 11 is 5.22. The van der Waals surface area contributed by atoms with Crippen molar-refractivity contribution >= 4 is 55.8 Å². The smallest absolute Gasteiger partial charge is 0.250 e. The molecule has 1 amide bonds. The molecule has 182 valence electrons. The fourth-order valence-electron chi connectivity index (χ4n) is 3.65. The van der Waals surface area contributed by atoms with E-state index in [2.05, 4.69) is 15.4 Å². The van der Waals surface area contributed by atoms with Gasteiger partial charge < -0.3 is 5.32 Å². The summed E-state index contributed by atoms with van der Waals surface area (Å²) in [6, 6.07) is 29.7. The summed E-state index contributed by atoms with van der Waals surface area (Å²) in [5.74, 6) is -0.373. The third kappa shape index (κ3) is 6.85. The Hall–Kier alpha value is -3.85. The average molecular weight is 516 g/mol.